The van der Waals surface area contributed by atoms with E-state index < -0.39 is 17.4 Å². The zero-order chi connectivity index (χ0) is 23.2. The zero-order valence-corrected chi connectivity index (χ0v) is 20.4. The van der Waals surface area contributed by atoms with Crippen LogP contribution in [0.15, 0.2) is 42.5 Å². The molecule has 0 saturated heterocycles. The van der Waals surface area contributed by atoms with E-state index in [0.29, 0.717) is 15.6 Å². The molecule has 31 heavy (non-hydrogen) atoms. The molecule has 168 valence electrons. The Bertz CT molecular complexity index is 897. The number of carbonyl (C=O) groups is 2. The number of carbonyl (C=O) groups excluding carboxylic acids is 2. The van der Waals surface area contributed by atoms with Gasteiger partial charge in [0.25, 0.3) is 0 Å². The highest BCUT2D eigenvalue weighted by Crippen LogP contribution is 2.24. The van der Waals surface area contributed by atoms with Crippen molar-refractivity contribution in [3.63, 3.8) is 0 Å². The molecule has 0 heterocycles. The van der Waals surface area contributed by atoms with Crippen molar-refractivity contribution in [3.8, 4) is 0 Å². The van der Waals surface area contributed by atoms with Crippen LogP contribution >= 0.6 is 35.0 Å². The average molecular weight is 485 g/mol. The third-order valence-corrected chi connectivity index (χ3v) is 6.02. The van der Waals surface area contributed by atoms with Crippen LogP contribution in [0.4, 0.5) is 4.39 Å². The van der Waals surface area contributed by atoms with Gasteiger partial charge in [0.05, 0.1) is 5.75 Å². The van der Waals surface area contributed by atoms with E-state index in [1.807, 2.05) is 32.9 Å². The van der Waals surface area contributed by atoms with Crippen LogP contribution in [0, 0.1) is 5.82 Å². The summed E-state index contributed by atoms with van der Waals surface area (Å²) in [6.07, 6.45) is 0. The number of hydrogen-bond donors (Lipinski definition) is 1. The lowest BCUT2D eigenvalue weighted by Gasteiger charge is -2.31. The molecule has 2 aromatic carbocycles. The highest BCUT2D eigenvalue weighted by atomic mass is 35.5. The van der Waals surface area contributed by atoms with Crippen LogP contribution in [-0.2, 0) is 21.9 Å². The maximum Gasteiger partial charge on any atom is 0.242 e. The fourth-order valence-electron chi connectivity index (χ4n) is 2.84. The number of rotatable bonds is 8. The van der Waals surface area contributed by atoms with Crippen LogP contribution in [0.1, 0.15) is 38.8 Å². The molecule has 0 saturated carbocycles. The molecule has 0 spiro atoms. The number of nitrogens with zero attached hydrogens (tertiary/aromatic N) is 1. The van der Waals surface area contributed by atoms with Crippen LogP contribution in [0.2, 0.25) is 10.0 Å². The first-order valence-corrected chi connectivity index (χ1v) is 11.8. The highest BCUT2D eigenvalue weighted by Gasteiger charge is 2.28. The summed E-state index contributed by atoms with van der Waals surface area (Å²) in [4.78, 5) is 27.3. The Kier molecular flexibility index (Phi) is 9.22. The molecule has 8 heteroatoms. The summed E-state index contributed by atoms with van der Waals surface area (Å²) in [5, 5.41) is 3.84. The van der Waals surface area contributed by atoms with Crippen LogP contribution in [0.5, 0.6) is 0 Å². The molecular weight excluding hydrogens is 458 g/mol. The van der Waals surface area contributed by atoms with Crippen molar-refractivity contribution >= 4 is 46.8 Å². The summed E-state index contributed by atoms with van der Waals surface area (Å²) in [7, 11) is 0. The average Bonchev–Trinajstić information content (AvgIpc) is 2.67. The monoisotopic (exact) mass is 484 g/mol. The van der Waals surface area contributed by atoms with Gasteiger partial charge < -0.3 is 10.2 Å². The Labute approximate surface area is 197 Å². The molecule has 0 bridgehead atoms. The van der Waals surface area contributed by atoms with Gasteiger partial charge >= 0.3 is 0 Å². The first kappa shape index (κ1) is 25.5. The molecule has 2 rings (SSSR count). The van der Waals surface area contributed by atoms with Crippen molar-refractivity contribution in [1.82, 2.24) is 10.2 Å². The highest BCUT2D eigenvalue weighted by molar-refractivity contribution is 7.99. The Balaban J connectivity index is 2.13. The summed E-state index contributed by atoms with van der Waals surface area (Å²) < 4.78 is 14.0. The van der Waals surface area contributed by atoms with Gasteiger partial charge in [-0.25, -0.2) is 4.39 Å². The number of thioether (sulfide) groups is 1. The molecule has 0 aliphatic carbocycles. The van der Waals surface area contributed by atoms with Gasteiger partial charge in [-0.3, -0.25) is 9.59 Å². The van der Waals surface area contributed by atoms with E-state index in [1.54, 1.807) is 31.2 Å². The lowest BCUT2D eigenvalue weighted by atomic mass is 10.1. The first-order chi connectivity index (χ1) is 14.5. The van der Waals surface area contributed by atoms with Crippen molar-refractivity contribution in [3.05, 3.63) is 69.5 Å². The van der Waals surface area contributed by atoms with Gasteiger partial charge in [0.2, 0.25) is 11.8 Å². The van der Waals surface area contributed by atoms with Gasteiger partial charge in [-0.1, -0.05) is 41.4 Å². The quantitative estimate of drug-likeness (QED) is 0.522. The summed E-state index contributed by atoms with van der Waals surface area (Å²) in [5.41, 5.74) is 0.802. The number of nitrogens with one attached hydrogen (secondary N) is 1. The standard InChI is InChI=1S/C23H27Cl2FN2O2S/c1-15(22(30)27-23(2,3)4)28(12-16-8-10-17(24)11-9-16)21(29)14-31-13-18-19(25)6-5-7-20(18)26/h5-11,15H,12-14H2,1-4H3,(H,27,30). The fraction of sp³-hybridized carbons (Fsp3) is 0.391. The maximum absolute atomic E-state index is 14.0. The second-order valence-electron chi connectivity index (χ2n) is 8.26. The minimum atomic E-state index is -0.681. The second-order valence-corrected chi connectivity index (χ2v) is 10.1. The van der Waals surface area contributed by atoms with E-state index in [0.717, 1.165) is 5.56 Å². The topological polar surface area (TPSA) is 49.4 Å². The van der Waals surface area contributed by atoms with Crippen molar-refractivity contribution in [2.75, 3.05) is 5.75 Å². The van der Waals surface area contributed by atoms with Gasteiger partial charge in [-0.15, -0.1) is 11.8 Å². The Hall–Kier alpha value is -1.76. The minimum Gasteiger partial charge on any atom is -0.350 e. The van der Waals surface area contributed by atoms with Crippen LogP contribution < -0.4 is 5.32 Å². The smallest absolute Gasteiger partial charge is 0.242 e. The Morgan fingerprint density at radius 3 is 2.35 bits per heavy atom. The number of benzene rings is 2. The van der Waals surface area contributed by atoms with E-state index in [1.165, 1.54) is 22.7 Å². The van der Waals surface area contributed by atoms with Gasteiger partial charge in [-0.05, 0) is 57.5 Å². The van der Waals surface area contributed by atoms with E-state index >= 15 is 0 Å². The first-order valence-electron chi connectivity index (χ1n) is 9.84. The summed E-state index contributed by atoms with van der Waals surface area (Å²) in [6.45, 7) is 7.62. The van der Waals surface area contributed by atoms with E-state index in [-0.39, 0.29) is 29.9 Å². The largest absolute Gasteiger partial charge is 0.350 e. The lowest BCUT2D eigenvalue weighted by molar-refractivity contribution is -0.139. The summed E-state index contributed by atoms with van der Waals surface area (Å²) >= 11 is 13.3. The summed E-state index contributed by atoms with van der Waals surface area (Å²) in [6, 6.07) is 11.0. The Morgan fingerprint density at radius 2 is 1.77 bits per heavy atom. The van der Waals surface area contributed by atoms with Crippen LogP contribution in [0.3, 0.4) is 0 Å². The predicted molar refractivity (Wildman–Crippen MR) is 127 cm³/mol. The van der Waals surface area contributed by atoms with Crippen LogP contribution in [0.25, 0.3) is 0 Å². The molecule has 0 fully saturated rings. The molecular formula is C23H27Cl2FN2O2S. The molecule has 2 amide bonds. The van der Waals surface area contributed by atoms with Crippen molar-refractivity contribution in [2.45, 2.75) is 51.6 Å². The molecule has 0 radical (unpaired) electrons. The van der Waals surface area contributed by atoms with Crippen molar-refractivity contribution < 1.29 is 14.0 Å². The molecule has 2 aromatic rings. The Morgan fingerprint density at radius 1 is 1.13 bits per heavy atom. The second kappa shape index (κ2) is 11.2. The van der Waals surface area contributed by atoms with E-state index in [4.69, 9.17) is 23.2 Å². The van der Waals surface area contributed by atoms with Gasteiger partial charge in [0.1, 0.15) is 11.9 Å². The van der Waals surface area contributed by atoms with Crippen molar-refractivity contribution in [1.29, 1.82) is 0 Å². The molecule has 1 N–H and O–H groups in total. The number of amides is 2. The molecule has 4 nitrogen and oxygen atoms in total. The molecule has 1 unspecified atom stereocenters. The van der Waals surface area contributed by atoms with Gasteiger partial charge in [0.15, 0.2) is 0 Å². The lowest BCUT2D eigenvalue weighted by Crippen LogP contribution is -2.52. The van der Waals surface area contributed by atoms with Crippen LogP contribution in [-0.4, -0.2) is 34.0 Å². The number of hydrogen-bond acceptors (Lipinski definition) is 3. The third kappa shape index (κ3) is 8.02. The van der Waals surface area contributed by atoms with Gasteiger partial charge in [0, 0.05) is 33.4 Å². The molecule has 0 aliphatic heterocycles. The van der Waals surface area contributed by atoms with E-state index in [9.17, 15) is 14.0 Å². The normalized spacial score (nSPS) is 12.4. The molecule has 0 aliphatic rings. The fourth-order valence-corrected chi connectivity index (χ4v) is 4.21. The summed E-state index contributed by atoms with van der Waals surface area (Å²) in [5.74, 6) is -0.510. The van der Waals surface area contributed by atoms with Crippen molar-refractivity contribution in [2.24, 2.45) is 0 Å². The number of halogens is 3. The maximum atomic E-state index is 14.0. The zero-order valence-electron chi connectivity index (χ0n) is 18.0. The van der Waals surface area contributed by atoms with Gasteiger partial charge in [-0.2, -0.15) is 0 Å². The SMILES string of the molecule is CC(C(=O)NC(C)(C)C)N(Cc1ccc(Cl)cc1)C(=O)CSCc1c(F)cccc1Cl. The molecule has 1 atom stereocenters. The third-order valence-electron chi connectivity index (χ3n) is 4.47. The minimum absolute atomic E-state index is 0.0887. The van der Waals surface area contributed by atoms with E-state index in [2.05, 4.69) is 5.32 Å². The predicted octanol–water partition coefficient (Wildman–Crippen LogP) is 5.70. The molecule has 0 aromatic heterocycles.